The van der Waals surface area contributed by atoms with E-state index in [9.17, 15) is 10.2 Å². The van der Waals surface area contributed by atoms with E-state index < -0.39 is 18.0 Å². The van der Waals surface area contributed by atoms with Crippen LogP contribution in [0.4, 0.5) is 0 Å². The molecule has 0 aromatic rings. The van der Waals surface area contributed by atoms with Crippen LogP contribution in [0.5, 0.6) is 0 Å². The molecule has 0 spiro atoms. The lowest BCUT2D eigenvalue weighted by Gasteiger charge is -2.15. The molecule has 1 aliphatic rings. The highest BCUT2D eigenvalue weighted by Gasteiger charge is 2.40. The SMILES string of the molecule is CC1(O)C[C@H](O)[C@@H](CN=[N+]=[N-])O1. The van der Waals surface area contributed by atoms with Gasteiger partial charge in [-0.2, -0.15) is 0 Å². The molecule has 1 aliphatic heterocycles. The molecule has 1 unspecified atom stereocenters. The molecule has 0 saturated carbocycles. The molecule has 3 atom stereocenters. The van der Waals surface area contributed by atoms with E-state index in [0.29, 0.717) is 0 Å². The first kappa shape index (κ1) is 9.28. The van der Waals surface area contributed by atoms with Crippen LogP contribution in [0, 0.1) is 0 Å². The van der Waals surface area contributed by atoms with Crippen LogP contribution in [0.15, 0.2) is 5.11 Å². The van der Waals surface area contributed by atoms with Crippen molar-refractivity contribution in [3.8, 4) is 0 Å². The first-order chi connectivity index (χ1) is 5.55. The molecular formula is C6H11N3O3. The van der Waals surface area contributed by atoms with Gasteiger partial charge in [0.25, 0.3) is 0 Å². The Morgan fingerprint density at radius 1 is 1.83 bits per heavy atom. The van der Waals surface area contributed by atoms with Crippen LogP contribution in [0.1, 0.15) is 13.3 Å². The van der Waals surface area contributed by atoms with Crippen molar-refractivity contribution in [2.24, 2.45) is 5.11 Å². The van der Waals surface area contributed by atoms with Crippen molar-refractivity contribution >= 4 is 0 Å². The van der Waals surface area contributed by atoms with E-state index in [1.807, 2.05) is 0 Å². The van der Waals surface area contributed by atoms with E-state index in [4.69, 9.17) is 10.3 Å². The summed E-state index contributed by atoms with van der Waals surface area (Å²) in [6, 6.07) is 0. The highest BCUT2D eigenvalue weighted by molar-refractivity contribution is 4.85. The van der Waals surface area contributed by atoms with Crippen molar-refractivity contribution < 1.29 is 14.9 Å². The number of hydrogen-bond acceptors (Lipinski definition) is 4. The topological polar surface area (TPSA) is 98.5 Å². The van der Waals surface area contributed by atoms with Gasteiger partial charge < -0.3 is 14.9 Å². The summed E-state index contributed by atoms with van der Waals surface area (Å²) < 4.78 is 5.00. The van der Waals surface area contributed by atoms with Crippen molar-refractivity contribution in [3.63, 3.8) is 0 Å². The zero-order chi connectivity index (χ0) is 9.19. The number of hydrogen-bond donors (Lipinski definition) is 2. The Hall–Kier alpha value is -0.810. The van der Waals surface area contributed by atoms with Crippen molar-refractivity contribution in [2.45, 2.75) is 31.3 Å². The monoisotopic (exact) mass is 173 g/mol. The van der Waals surface area contributed by atoms with E-state index in [1.54, 1.807) is 0 Å². The average molecular weight is 173 g/mol. The fourth-order valence-electron chi connectivity index (χ4n) is 1.25. The molecule has 0 radical (unpaired) electrons. The smallest absolute Gasteiger partial charge is 0.165 e. The Morgan fingerprint density at radius 2 is 2.50 bits per heavy atom. The summed E-state index contributed by atoms with van der Waals surface area (Å²) in [6.45, 7) is 1.51. The van der Waals surface area contributed by atoms with Gasteiger partial charge in [0.2, 0.25) is 0 Å². The summed E-state index contributed by atoms with van der Waals surface area (Å²) >= 11 is 0. The maximum Gasteiger partial charge on any atom is 0.165 e. The quantitative estimate of drug-likeness (QED) is 0.353. The van der Waals surface area contributed by atoms with Crippen LogP contribution in [-0.4, -0.2) is 34.8 Å². The molecule has 2 N–H and O–H groups in total. The van der Waals surface area contributed by atoms with Crippen LogP contribution < -0.4 is 0 Å². The van der Waals surface area contributed by atoms with Crippen LogP contribution >= 0.6 is 0 Å². The molecule has 6 nitrogen and oxygen atoms in total. The number of azide groups is 1. The van der Waals surface area contributed by atoms with Crippen molar-refractivity contribution in [1.82, 2.24) is 0 Å². The molecular weight excluding hydrogens is 162 g/mol. The van der Waals surface area contributed by atoms with Crippen LogP contribution in [0.2, 0.25) is 0 Å². The predicted octanol–water partition coefficient (Wildman–Crippen LogP) is 0.155. The van der Waals surface area contributed by atoms with Gasteiger partial charge in [-0.15, -0.1) is 0 Å². The molecule has 0 bridgehead atoms. The van der Waals surface area contributed by atoms with Crippen LogP contribution in [0.25, 0.3) is 10.4 Å². The third-order valence-electron chi connectivity index (χ3n) is 1.75. The highest BCUT2D eigenvalue weighted by Crippen LogP contribution is 2.27. The van der Waals surface area contributed by atoms with Gasteiger partial charge >= 0.3 is 0 Å². The minimum atomic E-state index is -1.30. The molecule has 0 amide bonds. The lowest BCUT2D eigenvalue weighted by atomic mass is 10.1. The van der Waals surface area contributed by atoms with Crippen molar-refractivity contribution in [2.75, 3.05) is 6.54 Å². The lowest BCUT2D eigenvalue weighted by molar-refractivity contribution is -0.176. The molecule has 6 heteroatoms. The van der Waals surface area contributed by atoms with Crippen LogP contribution in [0.3, 0.4) is 0 Å². The number of aliphatic hydroxyl groups excluding tert-OH is 1. The van der Waals surface area contributed by atoms with Gasteiger partial charge in [-0.3, -0.25) is 0 Å². The second-order valence-corrected chi connectivity index (χ2v) is 3.02. The summed E-state index contributed by atoms with van der Waals surface area (Å²) in [4.78, 5) is 2.53. The number of ether oxygens (including phenoxy) is 1. The number of nitrogens with zero attached hydrogens (tertiary/aromatic N) is 3. The second kappa shape index (κ2) is 3.28. The van der Waals surface area contributed by atoms with Crippen molar-refractivity contribution in [3.05, 3.63) is 10.4 Å². The Labute approximate surface area is 69.4 Å². The average Bonchev–Trinajstić information content (AvgIpc) is 2.20. The molecule has 0 aromatic carbocycles. The molecule has 12 heavy (non-hydrogen) atoms. The zero-order valence-corrected chi connectivity index (χ0v) is 6.71. The van der Waals surface area contributed by atoms with Gasteiger partial charge in [0, 0.05) is 11.3 Å². The first-order valence-corrected chi connectivity index (χ1v) is 3.64. The zero-order valence-electron chi connectivity index (χ0n) is 6.71. The van der Waals surface area contributed by atoms with Gasteiger partial charge in [-0.1, -0.05) is 5.11 Å². The van der Waals surface area contributed by atoms with Crippen LogP contribution in [-0.2, 0) is 4.74 Å². The highest BCUT2D eigenvalue weighted by atomic mass is 16.6. The van der Waals surface area contributed by atoms with E-state index in [2.05, 4.69) is 10.0 Å². The third kappa shape index (κ3) is 2.09. The van der Waals surface area contributed by atoms with Crippen molar-refractivity contribution in [1.29, 1.82) is 0 Å². The molecule has 1 rings (SSSR count). The standard InChI is InChI=1S/C6H11N3O3/c1-6(11)2-4(10)5(12-6)3-8-9-7/h4-5,10-11H,2-3H2,1H3/t4-,5+,6?/m0/s1. The Morgan fingerprint density at radius 3 is 2.92 bits per heavy atom. The van der Waals surface area contributed by atoms with Gasteiger partial charge in [-0.25, -0.2) is 0 Å². The predicted molar refractivity (Wildman–Crippen MR) is 40.1 cm³/mol. The summed E-state index contributed by atoms with van der Waals surface area (Å²) in [5, 5.41) is 21.9. The molecule has 1 saturated heterocycles. The van der Waals surface area contributed by atoms with E-state index in [1.165, 1.54) is 6.92 Å². The normalized spacial score (nSPS) is 40.9. The summed E-state index contributed by atoms with van der Waals surface area (Å²) in [5.41, 5.74) is 8.00. The Balaban J connectivity index is 2.52. The summed E-state index contributed by atoms with van der Waals surface area (Å²) in [7, 11) is 0. The molecule has 68 valence electrons. The second-order valence-electron chi connectivity index (χ2n) is 3.02. The number of aliphatic hydroxyl groups is 2. The molecule has 0 aliphatic carbocycles. The molecule has 1 heterocycles. The fraction of sp³-hybridized carbons (Fsp3) is 1.00. The Kier molecular flexibility index (Phi) is 2.54. The van der Waals surface area contributed by atoms with E-state index >= 15 is 0 Å². The maximum absolute atomic E-state index is 9.32. The van der Waals surface area contributed by atoms with E-state index in [0.717, 1.165) is 0 Å². The molecule has 0 aromatic heterocycles. The van der Waals surface area contributed by atoms with Gasteiger partial charge in [0.05, 0.1) is 18.8 Å². The first-order valence-electron chi connectivity index (χ1n) is 3.64. The summed E-state index contributed by atoms with van der Waals surface area (Å²) in [5.74, 6) is -1.30. The number of rotatable bonds is 2. The largest absolute Gasteiger partial charge is 0.390 e. The molecule has 1 fully saturated rings. The minimum Gasteiger partial charge on any atom is -0.390 e. The van der Waals surface area contributed by atoms with Gasteiger partial charge in [0.1, 0.15) is 0 Å². The minimum absolute atomic E-state index is 0.0494. The van der Waals surface area contributed by atoms with Gasteiger partial charge in [-0.05, 0) is 12.5 Å². The summed E-state index contributed by atoms with van der Waals surface area (Å²) in [6.07, 6.45) is -1.19. The maximum atomic E-state index is 9.32. The Bertz CT molecular complexity index is 212. The third-order valence-corrected chi connectivity index (χ3v) is 1.75. The lowest BCUT2D eigenvalue weighted by Crippen LogP contribution is -2.25. The van der Waals surface area contributed by atoms with E-state index in [-0.39, 0.29) is 13.0 Å². The van der Waals surface area contributed by atoms with Gasteiger partial charge in [0.15, 0.2) is 5.79 Å². The fourth-order valence-corrected chi connectivity index (χ4v) is 1.25.